The molecule has 0 spiro atoms. The predicted molar refractivity (Wildman–Crippen MR) is 81.1 cm³/mol. The molecule has 0 fully saturated rings. The van der Waals surface area contributed by atoms with E-state index in [0.717, 1.165) is 23.3 Å². The van der Waals surface area contributed by atoms with E-state index < -0.39 is 0 Å². The molecule has 1 aromatic carbocycles. The van der Waals surface area contributed by atoms with Crippen molar-refractivity contribution >= 4 is 40.2 Å². The summed E-state index contributed by atoms with van der Waals surface area (Å²) in [5.74, 6) is 1.44. The Bertz CT molecular complexity index is 775. The van der Waals surface area contributed by atoms with Gasteiger partial charge in [-0.2, -0.15) is 0 Å². The van der Waals surface area contributed by atoms with Crippen LogP contribution >= 0.6 is 23.2 Å². The monoisotopic (exact) mass is 309 g/mol. The SMILES string of the molecule is Cn1ccnc1CCn1c(N)nc2cc(Cl)c(Cl)cc21. The number of aryl methyl sites for hydroxylation is 3. The molecule has 0 amide bonds. The Labute approximate surface area is 125 Å². The quantitative estimate of drug-likeness (QED) is 0.809. The molecule has 0 atom stereocenters. The van der Waals surface area contributed by atoms with Crippen LogP contribution in [0.25, 0.3) is 11.0 Å². The van der Waals surface area contributed by atoms with Crippen LogP contribution in [0, 0.1) is 0 Å². The minimum absolute atomic E-state index is 0.451. The van der Waals surface area contributed by atoms with E-state index in [1.165, 1.54) is 0 Å². The standard InChI is InChI=1S/C13H13Cl2N5/c1-19-5-3-17-12(19)2-4-20-11-7-9(15)8(14)6-10(11)18-13(20)16/h3,5-7H,2,4H2,1H3,(H2,16,18). The van der Waals surface area contributed by atoms with Crippen LogP contribution in [-0.4, -0.2) is 19.1 Å². The summed E-state index contributed by atoms with van der Waals surface area (Å²) in [6.45, 7) is 0.686. The Morgan fingerprint density at radius 2 is 2.00 bits per heavy atom. The molecule has 0 aliphatic rings. The highest BCUT2D eigenvalue weighted by Gasteiger charge is 2.11. The Kier molecular flexibility index (Phi) is 3.31. The van der Waals surface area contributed by atoms with Crippen molar-refractivity contribution in [3.05, 3.63) is 40.4 Å². The van der Waals surface area contributed by atoms with Crippen LogP contribution in [0.3, 0.4) is 0 Å². The summed E-state index contributed by atoms with van der Waals surface area (Å²) in [5, 5.41) is 0.977. The lowest BCUT2D eigenvalue weighted by Gasteiger charge is -2.07. The van der Waals surface area contributed by atoms with Gasteiger partial charge < -0.3 is 14.9 Å². The average molecular weight is 310 g/mol. The molecule has 0 bridgehead atoms. The minimum Gasteiger partial charge on any atom is -0.369 e. The molecule has 3 rings (SSSR count). The fourth-order valence-corrected chi connectivity index (χ4v) is 2.54. The molecule has 2 N–H and O–H groups in total. The number of aromatic nitrogens is 4. The molecule has 0 radical (unpaired) electrons. The number of nitrogen functional groups attached to an aromatic ring is 1. The van der Waals surface area contributed by atoms with Crippen LogP contribution in [0.15, 0.2) is 24.5 Å². The van der Waals surface area contributed by atoms with Crippen LogP contribution in [0.2, 0.25) is 10.0 Å². The fraction of sp³-hybridized carbons (Fsp3) is 0.231. The molecule has 3 aromatic rings. The van der Waals surface area contributed by atoms with Crippen LogP contribution < -0.4 is 5.73 Å². The summed E-state index contributed by atoms with van der Waals surface area (Å²) in [7, 11) is 1.97. The third kappa shape index (κ3) is 2.23. The van der Waals surface area contributed by atoms with E-state index in [9.17, 15) is 0 Å². The highest BCUT2D eigenvalue weighted by Crippen LogP contribution is 2.29. The van der Waals surface area contributed by atoms with Crippen molar-refractivity contribution in [3.8, 4) is 0 Å². The van der Waals surface area contributed by atoms with Gasteiger partial charge in [0.1, 0.15) is 5.82 Å². The molecule has 7 heteroatoms. The van der Waals surface area contributed by atoms with Crippen molar-refractivity contribution in [2.45, 2.75) is 13.0 Å². The molecule has 2 heterocycles. The topological polar surface area (TPSA) is 61.7 Å². The number of anilines is 1. The molecule has 0 saturated heterocycles. The lowest BCUT2D eigenvalue weighted by molar-refractivity contribution is 0.670. The first-order chi connectivity index (χ1) is 9.56. The summed E-state index contributed by atoms with van der Waals surface area (Å²) in [6.07, 6.45) is 4.46. The largest absolute Gasteiger partial charge is 0.369 e. The van der Waals surface area contributed by atoms with Gasteiger partial charge in [0.05, 0.1) is 21.1 Å². The maximum atomic E-state index is 6.06. The Morgan fingerprint density at radius 3 is 2.70 bits per heavy atom. The third-order valence-corrected chi connectivity index (χ3v) is 4.02. The summed E-state index contributed by atoms with van der Waals surface area (Å²) in [5.41, 5.74) is 7.60. The number of benzene rings is 1. The van der Waals surface area contributed by atoms with Crippen molar-refractivity contribution < 1.29 is 0 Å². The zero-order valence-electron chi connectivity index (χ0n) is 10.8. The molecular formula is C13H13Cl2N5. The number of nitrogens with zero attached hydrogens (tertiary/aromatic N) is 4. The van der Waals surface area contributed by atoms with E-state index >= 15 is 0 Å². The van der Waals surface area contributed by atoms with Crippen LogP contribution in [0.5, 0.6) is 0 Å². The van der Waals surface area contributed by atoms with Gasteiger partial charge in [-0.1, -0.05) is 23.2 Å². The number of nitrogens with two attached hydrogens (primary N) is 1. The van der Waals surface area contributed by atoms with Gasteiger partial charge in [0, 0.05) is 32.4 Å². The Balaban J connectivity index is 1.97. The smallest absolute Gasteiger partial charge is 0.201 e. The summed E-state index contributed by atoms with van der Waals surface area (Å²) >= 11 is 12.1. The fourth-order valence-electron chi connectivity index (χ4n) is 2.22. The molecule has 5 nitrogen and oxygen atoms in total. The number of rotatable bonds is 3. The van der Waals surface area contributed by atoms with Crippen LogP contribution in [-0.2, 0) is 20.0 Å². The second-order valence-electron chi connectivity index (χ2n) is 4.58. The summed E-state index contributed by atoms with van der Waals surface area (Å²) < 4.78 is 3.91. The van der Waals surface area contributed by atoms with Gasteiger partial charge in [-0.05, 0) is 12.1 Å². The van der Waals surface area contributed by atoms with Crippen molar-refractivity contribution in [1.82, 2.24) is 19.1 Å². The second-order valence-corrected chi connectivity index (χ2v) is 5.40. The zero-order chi connectivity index (χ0) is 14.3. The lowest BCUT2D eigenvalue weighted by atomic mass is 10.3. The third-order valence-electron chi connectivity index (χ3n) is 3.30. The van der Waals surface area contributed by atoms with Gasteiger partial charge >= 0.3 is 0 Å². The number of imidazole rings is 2. The maximum Gasteiger partial charge on any atom is 0.201 e. The summed E-state index contributed by atoms with van der Waals surface area (Å²) in [4.78, 5) is 8.61. The average Bonchev–Trinajstić information content (AvgIpc) is 2.92. The van der Waals surface area contributed by atoms with E-state index in [4.69, 9.17) is 28.9 Å². The van der Waals surface area contributed by atoms with Gasteiger partial charge in [-0.25, -0.2) is 9.97 Å². The molecule has 0 aliphatic carbocycles. The highest BCUT2D eigenvalue weighted by molar-refractivity contribution is 6.42. The Morgan fingerprint density at radius 1 is 1.25 bits per heavy atom. The predicted octanol–water partition coefficient (Wildman–Crippen LogP) is 2.90. The number of hydrogen-bond acceptors (Lipinski definition) is 3. The molecule has 20 heavy (non-hydrogen) atoms. The van der Waals surface area contributed by atoms with Gasteiger partial charge in [0.25, 0.3) is 0 Å². The molecule has 0 aliphatic heterocycles. The van der Waals surface area contributed by atoms with Crippen molar-refractivity contribution in [3.63, 3.8) is 0 Å². The molecule has 0 unspecified atom stereocenters. The Hall–Kier alpha value is -1.72. The van der Waals surface area contributed by atoms with E-state index in [0.29, 0.717) is 22.5 Å². The normalized spacial score (nSPS) is 11.3. The first-order valence-electron chi connectivity index (χ1n) is 6.13. The summed E-state index contributed by atoms with van der Waals surface area (Å²) in [6, 6.07) is 3.52. The van der Waals surface area contributed by atoms with Crippen LogP contribution in [0.4, 0.5) is 5.95 Å². The van der Waals surface area contributed by atoms with Gasteiger partial charge in [-0.15, -0.1) is 0 Å². The van der Waals surface area contributed by atoms with Crippen LogP contribution in [0.1, 0.15) is 5.82 Å². The van der Waals surface area contributed by atoms with Gasteiger partial charge in [-0.3, -0.25) is 0 Å². The van der Waals surface area contributed by atoms with Gasteiger partial charge in [0.15, 0.2) is 0 Å². The first kappa shape index (κ1) is 13.3. The first-order valence-corrected chi connectivity index (χ1v) is 6.89. The van der Waals surface area contributed by atoms with Crippen molar-refractivity contribution in [1.29, 1.82) is 0 Å². The molecule has 2 aromatic heterocycles. The maximum absolute atomic E-state index is 6.06. The molecule has 104 valence electrons. The van der Waals surface area contributed by atoms with E-state index in [1.54, 1.807) is 18.3 Å². The number of hydrogen-bond donors (Lipinski definition) is 1. The van der Waals surface area contributed by atoms with Crippen molar-refractivity contribution in [2.24, 2.45) is 7.05 Å². The molecular weight excluding hydrogens is 297 g/mol. The molecule has 0 saturated carbocycles. The van der Waals surface area contributed by atoms with E-state index in [2.05, 4.69) is 9.97 Å². The van der Waals surface area contributed by atoms with Crippen molar-refractivity contribution in [2.75, 3.05) is 5.73 Å². The minimum atomic E-state index is 0.451. The van der Waals surface area contributed by atoms with Gasteiger partial charge in [0.2, 0.25) is 5.95 Å². The lowest BCUT2D eigenvalue weighted by Crippen LogP contribution is -2.08. The zero-order valence-corrected chi connectivity index (χ0v) is 12.4. The number of fused-ring (bicyclic) bond motifs is 1. The number of halogens is 2. The van der Waals surface area contributed by atoms with E-state index in [1.807, 2.05) is 22.4 Å². The second kappa shape index (κ2) is 5.00. The van der Waals surface area contributed by atoms with E-state index in [-0.39, 0.29) is 0 Å². The highest BCUT2D eigenvalue weighted by atomic mass is 35.5.